The first-order chi connectivity index (χ1) is 6.31. The molecule has 14 heavy (non-hydrogen) atoms. The Morgan fingerprint density at radius 2 is 2.07 bits per heavy atom. The van der Waals surface area contributed by atoms with Gasteiger partial charge in [0.1, 0.15) is 0 Å². The van der Waals surface area contributed by atoms with Crippen molar-refractivity contribution in [3.63, 3.8) is 0 Å². The summed E-state index contributed by atoms with van der Waals surface area (Å²) in [4.78, 5) is 12.9. The molecule has 1 aromatic heterocycles. The van der Waals surface area contributed by atoms with Crippen molar-refractivity contribution >= 4 is 11.6 Å². The maximum atomic E-state index is 11.8. The van der Waals surface area contributed by atoms with Crippen LogP contribution in [0.25, 0.3) is 0 Å². The molecule has 1 heterocycles. The number of pyridine rings is 1. The van der Waals surface area contributed by atoms with Gasteiger partial charge in [-0.05, 0) is 6.92 Å². The average Bonchev–Trinajstić information content (AvgIpc) is 2.04. The quantitative estimate of drug-likeness (QED) is 0.799. The molecule has 0 aliphatic carbocycles. The van der Waals surface area contributed by atoms with Gasteiger partial charge in [0.15, 0.2) is 5.75 Å². The fourth-order valence-corrected chi connectivity index (χ4v) is 0.960. The van der Waals surface area contributed by atoms with Crippen LogP contribution in [0.2, 0.25) is 5.02 Å². The van der Waals surface area contributed by atoms with Gasteiger partial charge in [-0.15, -0.1) is 13.2 Å². The minimum Gasteiger partial charge on any atom is -0.400 e. The number of ether oxygens (including phenoxy) is 1. The van der Waals surface area contributed by atoms with E-state index in [-0.39, 0.29) is 10.6 Å². The zero-order chi connectivity index (χ0) is 10.9. The monoisotopic (exact) mass is 227 g/mol. The number of nitrogens with one attached hydrogen (secondary N) is 1. The molecule has 0 spiro atoms. The third kappa shape index (κ3) is 2.41. The van der Waals surface area contributed by atoms with Crippen LogP contribution in [0.15, 0.2) is 11.0 Å². The summed E-state index contributed by atoms with van der Waals surface area (Å²) in [5, 5.41) is 0.00356. The maximum Gasteiger partial charge on any atom is 0.573 e. The third-order valence-corrected chi connectivity index (χ3v) is 1.85. The number of aromatic nitrogens is 1. The van der Waals surface area contributed by atoms with Crippen molar-refractivity contribution < 1.29 is 17.9 Å². The second-order valence-electron chi connectivity index (χ2n) is 2.47. The van der Waals surface area contributed by atoms with Crippen LogP contribution < -0.4 is 10.3 Å². The number of alkyl halides is 3. The number of H-pyrrole nitrogens is 1. The van der Waals surface area contributed by atoms with Crippen molar-refractivity contribution in [2.45, 2.75) is 13.3 Å². The van der Waals surface area contributed by atoms with Gasteiger partial charge in [-0.1, -0.05) is 11.6 Å². The van der Waals surface area contributed by atoms with Gasteiger partial charge in [-0.3, -0.25) is 4.79 Å². The molecule has 0 aromatic carbocycles. The number of hydrogen-bond donors (Lipinski definition) is 1. The molecule has 0 radical (unpaired) electrons. The molecule has 1 aromatic rings. The van der Waals surface area contributed by atoms with E-state index in [2.05, 4.69) is 4.74 Å². The van der Waals surface area contributed by atoms with Crippen molar-refractivity contribution in [2.24, 2.45) is 0 Å². The molecule has 0 atom stereocenters. The highest BCUT2D eigenvalue weighted by Gasteiger charge is 2.33. The molecule has 0 aliphatic heterocycles. The number of aromatic amines is 1. The molecule has 0 unspecified atom stereocenters. The molecule has 0 bridgehead atoms. The molecule has 1 N–H and O–H groups in total. The minimum atomic E-state index is -4.90. The lowest BCUT2D eigenvalue weighted by molar-refractivity contribution is -0.275. The molecule has 0 saturated heterocycles. The van der Waals surface area contributed by atoms with E-state index in [1.807, 2.05) is 4.98 Å². The van der Waals surface area contributed by atoms with Crippen molar-refractivity contribution in [1.29, 1.82) is 0 Å². The van der Waals surface area contributed by atoms with Crippen LogP contribution in [0, 0.1) is 6.92 Å². The Bertz CT molecular complexity index is 399. The summed E-state index contributed by atoms with van der Waals surface area (Å²) >= 11 is 5.50. The fraction of sp³-hybridized carbons (Fsp3) is 0.286. The summed E-state index contributed by atoms with van der Waals surface area (Å²) in [5.74, 6) is -0.829. The predicted molar refractivity (Wildman–Crippen MR) is 43.5 cm³/mol. The molecule has 0 amide bonds. The summed E-state index contributed by atoms with van der Waals surface area (Å²) in [7, 11) is 0. The van der Waals surface area contributed by atoms with Crippen LogP contribution >= 0.6 is 11.6 Å². The van der Waals surface area contributed by atoms with E-state index in [0.717, 1.165) is 6.20 Å². The lowest BCUT2D eigenvalue weighted by Gasteiger charge is -2.10. The molecule has 3 nitrogen and oxygen atoms in total. The van der Waals surface area contributed by atoms with Crippen LogP contribution in [0.3, 0.4) is 0 Å². The van der Waals surface area contributed by atoms with Crippen molar-refractivity contribution in [1.82, 2.24) is 4.98 Å². The van der Waals surface area contributed by atoms with Crippen molar-refractivity contribution in [3.05, 3.63) is 27.1 Å². The fourth-order valence-electron chi connectivity index (χ4n) is 0.820. The smallest absolute Gasteiger partial charge is 0.400 e. The SMILES string of the molecule is Cc1c(Cl)c[nH]c(=O)c1OC(F)(F)F. The van der Waals surface area contributed by atoms with Gasteiger partial charge in [0, 0.05) is 11.8 Å². The van der Waals surface area contributed by atoms with E-state index < -0.39 is 17.7 Å². The van der Waals surface area contributed by atoms with E-state index in [9.17, 15) is 18.0 Å². The first-order valence-corrected chi connectivity index (χ1v) is 3.82. The van der Waals surface area contributed by atoms with Gasteiger partial charge in [-0.25, -0.2) is 0 Å². The Morgan fingerprint density at radius 3 is 2.57 bits per heavy atom. The summed E-state index contributed by atoms with van der Waals surface area (Å²) in [6.07, 6.45) is -3.80. The zero-order valence-corrected chi connectivity index (χ0v) is 7.66. The average molecular weight is 228 g/mol. The van der Waals surface area contributed by atoms with Gasteiger partial charge in [0.25, 0.3) is 5.56 Å². The van der Waals surface area contributed by atoms with E-state index >= 15 is 0 Å². The molecule has 0 saturated carbocycles. The Morgan fingerprint density at radius 1 is 1.50 bits per heavy atom. The summed E-state index contributed by atoms with van der Waals surface area (Å²) < 4.78 is 39.0. The first kappa shape index (κ1) is 10.9. The van der Waals surface area contributed by atoms with Gasteiger partial charge in [-0.2, -0.15) is 0 Å². The maximum absolute atomic E-state index is 11.8. The Balaban J connectivity index is 3.20. The van der Waals surface area contributed by atoms with Gasteiger partial charge < -0.3 is 9.72 Å². The molecule has 0 fully saturated rings. The molecule has 78 valence electrons. The van der Waals surface area contributed by atoms with Crippen LogP contribution in [0.4, 0.5) is 13.2 Å². The van der Waals surface area contributed by atoms with Gasteiger partial charge in [0.05, 0.1) is 5.02 Å². The Hall–Kier alpha value is -1.17. The van der Waals surface area contributed by atoms with Crippen molar-refractivity contribution in [2.75, 3.05) is 0 Å². The molecular weight excluding hydrogens is 223 g/mol. The van der Waals surface area contributed by atoms with Gasteiger partial charge in [0.2, 0.25) is 0 Å². The minimum absolute atomic E-state index is 0.00356. The van der Waals surface area contributed by atoms with Crippen LogP contribution in [0.1, 0.15) is 5.56 Å². The summed E-state index contributed by atoms with van der Waals surface area (Å²) in [6.45, 7) is 1.26. The standard InChI is InChI=1S/C7H5ClF3NO2/c1-3-4(8)2-12-6(13)5(3)14-7(9,10)11/h2H,1H3,(H,12,13). The van der Waals surface area contributed by atoms with E-state index in [1.54, 1.807) is 0 Å². The molecular formula is C7H5ClF3NO2. The highest BCUT2D eigenvalue weighted by atomic mass is 35.5. The lowest BCUT2D eigenvalue weighted by Crippen LogP contribution is -2.23. The van der Waals surface area contributed by atoms with Gasteiger partial charge >= 0.3 is 6.36 Å². The van der Waals surface area contributed by atoms with E-state index in [4.69, 9.17) is 11.6 Å². The second kappa shape index (κ2) is 3.53. The molecule has 7 heteroatoms. The highest BCUT2D eigenvalue weighted by Crippen LogP contribution is 2.25. The van der Waals surface area contributed by atoms with E-state index in [0.29, 0.717) is 0 Å². The second-order valence-corrected chi connectivity index (χ2v) is 2.87. The normalized spacial score (nSPS) is 11.5. The van der Waals surface area contributed by atoms with Crippen LogP contribution in [-0.4, -0.2) is 11.3 Å². The number of hydrogen-bond acceptors (Lipinski definition) is 2. The highest BCUT2D eigenvalue weighted by molar-refractivity contribution is 6.31. The molecule has 1 rings (SSSR count). The van der Waals surface area contributed by atoms with Crippen LogP contribution in [-0.2, 0) is 0 Å². The lowest BCUT2D eigenvalue weighted by atomic mass is 10.3. The summed E-state index contributed by atoms with van der Waals surface area (Å²) in [6, 6.07) is 0. The van der Waals surface area contributed by atoms with E-state index in [1.165, 1.54) is 6.92 Å². The summed E-state index contributed by atoms with van der Waals surface area (Å²) in [5.41, 5.74) is -1.02. The molecule has 0 aliphatic rings. The Kier molecular flexibility index (Phi) is 2.75. The largest absolute Gasteiger partial charge is 0.573 e. The topological polar surface area (TPSA) is 42.1 Å². The number of halogens is 4. The predicted octanol–water partition coefficient (Wildman–Crippen LogP) is 2.24. The third-order valence-electron chi connectivity index (χ3n) is 1.45. The number of rotatable bonds is 1. The first-order valence-electron chi connectivity index (χ1n) is 3.45. The van der Waals surface area contributed by atoms with Crippen molar-refractivity contribution in [3.8, 4) is 5.75 Å². The zero-order valence-electron chi connectivity index (χ0n) is 6.91. The Labute approximate surface area is 81.5 Å². The van der Waals surface area contributed by atoms with Crippen LogP contribution in [0.5, 0.6) is 5.75 Å².